The molecule has 0 saturated carbocycles. The van der Waals surface area contributed by atoms with Crippen LogP contribution in [0, 0.1) is 0 Å². The van der Waals surface area contributed by atoms with Crippen LogP contribution < -0.4 is 0 Å². The van der Waals surface area contributed by atoms with E-state index in [4.69, 9.17) is 16.7 Å². The van der Waals surface area contributed by atoms with E-state index in [0.717, 1.165) is 4.90 Å². The van der Waals surface area contributed by atoms with E-state index in [1.807, 2.05) is 6.26 Å². The molecule has 0 aliphatic heterocycles. The van der Waals surface area contributed by atoms with Crippen LogP contribution in [0.5, 0.6) is 0 Å². The van der Waals surface area contributed by atoms with Gasteiger partial charge in [-0.3, -0.25) is 4.79 Å². The third kappa shape index (κ3) is 2.49. The van der Waals surface area contributed by atoms with Crippen LogP contribution in [-0.4, -0.2) is 23.1 Å². The predicted octanol–water partition coefficient (Wildman–Crippen LogP) is 2.33. The maximum absolute atomic E-state index is 11.1. The summed E-state index contributed by atoms with van der Waals surface area (Å²) in [7, 11) is 0. The number of thioether (sulfide) groups is 1. The second-order valence-electron chi connectivity index (χ2n) is 2.51. The summed E-state index contributed by atoms with van der Waals surface area (Å²) >= 11 is 7.12. The van der Waals surface area contributed by atoms with Gasteiger partial charge in [0.2, 0.25) is 0 Å². The van der Waals surface area contributed by atoms with Crippen LogP contribution >= 0.6 is 23.4 Å². The number of carboxylic acids is 1. The van der Waals surface area contributed by atoms with Crippen molar-refractivity contribution in [1.82, 2.24) is 0 Å². The monoisotopic (exact) mass is 230 g/mol. The minimum Gasteiger partial charge on any atom is -0.475 e. The number of benzene rings is 1. The molecule has 0 atom stereocenters. The zero-order chi connectivity index (χ0) is 10.7. The fourth-order valence-electron chi connectivity index (χ4n) is 0.935. The van der Waals surface area contributed by atoms with E-state index in [-0.39, 0.29) is 5.56 Å². The Morgan fingerprint density at radius 1 is 1.36 bits per heavy atom. The van der Waals surface area contributed by atoms with Crippen molar-refractivity contribution in [2.45, 2.75) is 4.90 Å². The van der Waals surface area contributed by atoms with Gasteiger partial charge < -0.3 is 5.11 Å². The summed E-state index contributed by atoms with van der Waals surface area (Å²) in [6.07, 6.45) is 1.82. The zero-order valence-corrected chi connectivity index (χ0v) is 8.85. The normalized spacial score (nSPS) is 9.86. The highest BCUT2D eigenvalue weighted by Gasteiger charge is 2.15. The molecule has 1 aromatic carbocycles. The van der Waals surface area contributed by atoms with E-state index in [1.54, 1.807) is 6.07 Å². The first-order valence-electron chi connectivity index (χ1n) is 3.67. The molecule has 1 rings (SSSR count). The fourth-order valence-corrected chi connectivity index (χ4v) is 1.72. The first kappa shape index (κ1) is 11.1. The van der Waals surface area contributed by atoms with Gasteiger partial charge in [0.25, 0.3) is 5.78 Å². The first-order valence-corrected chi connectivity index (χ1v) is 5.27. The van der Waals surface area contributed by atoms with E-state index in [9.17, 15) is 9.59 Å². The van der Waals surface area contributed by atoms with Crippen molar-refractivity contribution in [2.75, 3.05) is 6.26 Å². The van der Waals surface area contributed by atoms with Gasteiger partial charge in [-0.05, 0) is 24.5 Å². The minimum atomic E-state index is -1.47. The summed E-state index contributed by atoms with van der Waals surface area (Å²) in [5.74, 6) is -2.41. The number of halogens is 1. The average molecular weight is 231 g/mol. The molecule has 74 valence electrons. The number of carbonyl (C=O) groups is 2. The van der Waals surface area contributed by atoms with E-state index in [0.29, 0.717) is 5.02 Å². The Hall–Kier alpha value is -1.00. The average Bonchev–Trinajstić information content (AvgIpc) is 2.15. The van der Waals surface area contributed by atoms with E-state index < -0.39 is 11.8 Å². The van der Waals surface area contributed by atoms with E-state index in [1.165, 1.54) is 23.9 Å². The lowest BCUT2D eigenvalue weighted by Gasteiger charge is -2.01. The molecule has 0 radical (unpaired) electrons. The van der Waals surface area contributed by atoms with Crippen LogP contribution in [0.3, 0.4) is 0 Å². The molecular weight excluding hydrogens is 224 g/mol. The molecule has 0 unspecified atom stereocenters. The Kier molecular flexibility index (Phi) is 3.55. The number of rotatable bonds is 3. The van der Waals surface area contributed by atoms with Crippen LogP contribution in [0.1, 0.15) is 10.4 Å². The summed E-state index contributed by atoms with van der Waals surface area (Å²) in [5, 5.41) is 8.85. The summed E-state index contributed by atoms with van der Waals surface area (Å²) in [6.45, 7) is 0. The number of carbonyl (C=O) groups excluding carboxylic acids is 1. The SMILES string of the molecule is CSc1cc(Cl)cc(C(=O)C(=O)O)c1. The maximum Gasteiger partial charge on any atom is 0.377 e. The van der Waals surface area contributed by atoms with E-state index >= 15 is 0 Å². The van der Waals surface area contributed by atoms with Gasteiger partial charge in [0, 0.05) is 15.5 Å². The van der Waals surface area contributed by atoms with Gasteiger partial charge in [-0.2, -0.15) is 0 Å². The van der Waals surface area contributed by atoms with Crippen molar-refractivity contribution in [3.05, 3.63) is 28.8 Å². The molecule has 0 amide bonds. The smallest absolute Gasteiger partial charge is 0.377 e. The molecule has 14 heavy (non-hydrogen) atoms. The Morgan fingerprint density at radius 2 is 2.00 bits per heavy atom. The van der Waals surface area contributed by atoms with Crippen LogP contribution in [0.25, 0.3) is 0 Å². The van der Waals surface area contributed by atoms with E-state index in [2.05, 4.69) is 0 Å². The van der Waals surface area contributed by atoms with Gasteiger partial charge in [-0.1, -0.05) is 11.6 Å². The molecule has 0 fully saturated rings. The Balaban J connectivity index is 3.15. The Morgan fingerprint density at radius 3 is 2.50 bits per heavy atom. The van der Waals surface area contributed by atoms with Crippen LogP contribution in [-0.2, 0) is 4.79 Å². The van der Waals surface area contributed by atoms with Crippen molar-refractivity contribution in [2.24, 2.45) is 0 Å². The molecule has 1 aromatic rings. The van der Waals surface area contributed by atoms with Crippen molar-refractivity contribution in [3.8, 4) is 0 Å². The van der Waals surface area contributed by atoms with Crippen molar-refractivity contribution >= 4 is 35.1 Å². The van der Waals surface area contributed by atoms with Gasteiger partial charge in [-0.25, -0.2) is 4.79 Å². The fraction of sp³-hybridized carbons (Fsp3) is 0.111. The summed E-state index contributed by atoms with van der Waals surface area (Å²) in [4.78, 5) is 22.3. The summed E-state index contributed by atoms with van der Waals surface area (Å²) in [6, 6.07) is 4.52. The van der Waals surface area contributed by atoms with Crippen LogP contribution in [0.15, 0.2) is 23.1 Å². The molecule has 0 aliphatic rings. The van der Waals surface area contributed by atoms with Crippen molar-refractivity contribution in [3.63, 3.8) is 0 Å². The molecule has 0 bridgehead atoms. The Labute approximate surface area is 90.1 Å². The minimum absolute atomic E-state index is 0.106. The largest absolute Gasteiger partial charge is 0.475 e. The number of hydrogen-bond acceptors (Lipinski definition) is 3. The molecule has 5 heteroatoms. The van der Waals surface area contributed by atoms with Gasteiger partial charge >= 0.3 is 5.97 Å². The molecule has 0 aliphatic carbocycles. The highest BCUT2D eigenvalue weighted by molar-refractivity contribution is 7.98. The quantitative estimate of drug-likeness (QED) is 0.492. The second-order valence-corrected chi connectivity index (χ2v) is 3.83. The molecule has 0 saturated heterocycles. The van der Waals surface area contributed by atoms with Crippen LogP contribution in [0.4, 0.5) is 0 Å². The topological polar surface area (TPSA) is 54.4 Å². The highest BCUT2D eigenvalue weighted by atomic mass is 35.5. The predicted molar refractivity (Wildman–Crippen MR) is 55.2 cm³/mol. The number of aliphatic carboxylic acids is 1. The lowest BCUT2D eigenvalue weighted by molar-refractivity contribution is -0.131. The lowest BCUT2D eigenvalue weighted by Crippen LogP contribution is -2.12. The standard InChI is InChI=1S/C9H7ClO3S/c1-14-7-3-5(2-6(10)4-7)8(11)9(12)13/h2-4H,1H3,(H,12,13). The number of hydrogen-bond donors (Lipinski definition) is 1. The highest BCUT2D eigenvalue weighted by Crippen LogP contribution is 2.22. The molecular formula is C9H7ClO3S. The van der Waals surface area contributed by atoms with Crippen molar-refractivity contribution < 1.29 is 14.7 Å². The van der Waals surface area contributed by atoms with Gasteiger partial charge in [0.05, 0.1) is 0 Å². The first-order chi connectivity index (χ1) is 6.54. The summed E-state index contributed by atoms with van der Waals surface area (Å²) in [5.41, 5.74) is 0.106. The Bertz CT molecular complexity index is 390. The lowest BCUT2D eigenvalue weighted by atomic mass is 10.1. The molecule has 0 heterocycles. The third-order valence-corrected chi connectivity index (χ3v) is 2.49. The number of Topliss-reactive ketones (excluding diaryl/α,β-unsaturated/α-hetero) is 1. The number of carboxylic acid groups (broad SMARTS) is 1. The van der Waals surface area contributed by atoms with Gasteiger partial charge in [0.15, 0.2) is 0 Å². The zero-order valence-electron chi connectivity index (χ0n) is 7.28. The molecule has 3 nitrogen and oxygen atoms in total. The van der Waals surface area contributed by atoms with Crippen LogP contribution in [0.2, 0.25) is 5.02 Å². The second kappa shape index (κ2) is 4.48. The van der Waals surface area contributed by atoms with Gasteiger partial charge in [0.1, 0.15) is 0 Å². The molecule has 0 aromatic heterocycles. The van der Waals surface area contributed by atoms with Gasteiger partial charge in [-0.15, -0.1) is 11.8 Å². The summed E-state index contributed by atoms with van der Waals surface area (Å²) < 4.78 is 0. The maximum atomic E-state index is 11.1. The third-order valence-electron chi connectivity index (χ3n) is 1.56. The molecule has 0 spiro atoms. The molecule has 1 N–H and O–H groups in total. The van der Waals surface area contributed by atoms with Crippen molar-refractivity contribution in [1.29, 1.82) is 0 Å². The number of ketones is 1.